The molecule has 1 aliphatic rings. The van der Waals surface area contributed by atoms with Crippen LogP contribution in [-0.2, 0) is 0 Å². The van der Waals surface area contributed by atoms with Gasteiger partial charge in [0, 0.05) is 5.25 Å². The number of aryl methyl sites for hydroxylation is 1. The molecule has 5 heteroatoms. The van der Waals surface area contributed by atoms with E-state index >= 15 is 0 Å². The van der Waals surface area contributed by atoms with Crippen LogP contribution in [0.15, 0.2) is 4.34 Å². The van der Waals surface area contributed by atoms with E-state index in [1.54, 1.807) is 0 Å². The fourth-order valence-electron chi connectivity index (χ4n) is 2.05. The Hall–Kier alpha value is -0.130. The number of nitrogens with two attached hydrogens (primary N) is 1. The van der Waals surface area contributed by atoms with Gasteiger partial charge in [0.25, 0.3) is 0 Å². The molecular formula is C10H17N3S2. The number of thioether (sulfide) groups is 1. The molecule has 1 saturated carbocycles. The van der Waals surface area contributed by atoms with Crippen molar-refractivity contribution in [1.82, 2.24) is 9.36 Å². The van der Waals surface area contributed by atoms with Gasteiger partial charge in [-0.15, -0.1) is 0 Å². The van der Waals surface area contributed by atoms with Crippen molar-refractivity contribution in [2.24, 2.45) is 11.7 Å². The van der Waals surface area contributed by atoms with Gasteiger partial charge in [-0.1, -0.05) is 24.6 Å². The lowest BCUT2D eigenvalue weighted by Gasteiger charge is -2.29. The van der Waals surface area contributed by atoms with E-state index in [4.69, 9.17) is 5.73 Å². The molecule has 2 atom stereocenters. The Morgan fingerprint density at radius 3 is 2.93 bits per heavy atom. The summed E-state index contributed by atoms with van der Waals surface area (Å²) >= 11 is 3.40. The molecule has 0 aliphatic heterocycles. The van der Waals surface area contributed by atoms with E-state index in [0.29, 0.717) is 11.2 Å². The molecule has 1 aromatic rings. The van der Waals surface area contributed by atoms with Crippen molar-refractivity contribution in [3.05, 3.63) is 5.82 Å². The first-order valence-electron chi connectivity index (χ1n) is 5.46. The van der Waals surface area contributed by atoms with Crippen molar-refractivity contribution in [3.8, 4) is 0 Å². The van der Waals surface area contributed by atoms with Gasteiger partial charge in [0.1, 0.15) is 5.82 Å². The van der Waals surface area contributed by atoms with Crippen LogP contribution in [-0.4, -0.2) is 21.2 Å². The first kappa shape index (κ1) is 11.4. The predicted octanol–water partition coefficient (Wildman–Crippen LogP) is 2.46. The normalized spacial score (nSPS) is 26.8. The third-order valence-corrected chi connectivity index (χ3v) is 5.23. The molecule has 1 fully saturated rings. The van der Waals surface area contributed by atoms with Crippen molar-refractivity contribution in [1.29, 1.82) is 0 Å². The summed E-state index contributed by atoms with van der Waals surface area (Å²) < 4.78 is 5.32. The van der Waals surface area contributed by atoms with Crippen molar-refractivity contribution in [2.45, 2.75) is 42.2 Å². The predicted molar refractivity (Wildman–Crippen MR) is 65.3 cm³/mol. The van der Waals surface area contributed by atoms with Crippen LogP contribution >= 0.6 is 23.3 Å². The summed E-state index contributed by atoms with van der Waals surface area (Å²) in [6.07, 6.45) is 5.25. The van der Waals surface area contributed by atoms with E-state index in [-0.39, 0.29) is 0 Å². The summed E-state index contributed by atoms with van der Waals surface area (Å²) in [4.78, 5) is 4.40. The third-order valence-electron chi connectivity index (χ3n) is 2.90. The Balaban J connectivity index is 1.97. The Morgan fingerprint density at radius 1 is 1.47 bits per heavy atom. The van der Waals surface area contributed by atoms with E-state index in [1.807, 2.05) is 18.7 Å². The molecule has 0 aromatic carbocycles. The van der Waals surface area contributed by atoms with Gasteiger partial charge in [0.05, 0.1) is 0 Å². The highest BCUT2D eigenvalue weighted by atomic mass is 32.2. The summed E-state index contributed by atoms with van der Waals surface area (Å²) in [7, 11) is 0. The Bertz CT molecular complexity index is 313. The van der Waals surface area contributed by atoms with E-state index in [1.165, 1.54) is 37.2 Å². The van der Waals surface area contributed by atoms with Gasteiger partial charge in [-0.2, -0.15) is 4.37 Å². The van der Waals surface area contributed by atoms with Crippen molar-refractivity contribution in [2.75, 3.05) is 6.54 Å². The van der Waals surface area contributed by atoms with Gasteiger partial charge in [-0.3, -0.25) is 0 Å². The quantitative estimate of drug-likeness (QED) is 0.886. The van der Waals surface area contributed by atoms with Crippen LogP contribution in [0.5, 0.6) is 0 Å². The SMILES string of the molecule is Cc1nsc(SC2CCCCC2CN)n1. The molecule has 1 heterocycles. The lowest BCUT2D eigenvalue weighted by Crippen LogP contribution is -2.28. The van der Waals surface area contributed by atoms with Crippen LogP contribution in [0, 0.1) is 12.8 Å². The van der Waals surface area contributed by atoms with Gasteiger partial charge < -0.3 is 5.73 Å². The zero-order chi connectivity index (χ0) is 10.7. The Morgan fingerprint density at radius 2 is 2.27 bits per heavy atom. The van der Waals surface area contributed by atoms with Crippen molar-refractivity contribution >= 4 is 23.3 Å². The van der Waals surface area contributed by atoms with Gasteiger partial charge in [0.15, 0.2) is 4.34 Å². The van der Waals surface area contributed by atoms with Crippen LogP contribution in [0.4, 0.5) is 0 Å². The fraction of sp³-hybridized carbons (Fsp3) is 0.800. The molecule has 1 aliphatic carbocycles. The van der Waals surface area contributed by atoms with Gasteiger partial charge in [-0.25, -0.2) is 4.98 Å². The topological polar surface area (TPSA) is 51.8 Å². The Labute approximate surface area is 99.0 Å². The smallest absolute Gasteiger partial charge is 0.170 e. The number of hydrogen-bond donors (Lipinski definition) is 1. The second-order valence-corrected chi connectivity index (χ2v) is 6.28. The van der Waals surface area contributed by atoms with E-state index in [2.05, 4.69) is 9.36 Å². The van der Waals surface area contributed by atoms with Gasteiger partial charge >= 0.3 is 0 Å². The molecule has 0 radical (unpaired) electrons. The minimum absolute atomic E-state index is 0.663. The largest absolute Gasteiger partial charge is 0.330 e. The monoisotopic (exact) mass is 243 g/mol. The molecule has 2 N–H and O–H groups in total. The molecule has 0 amide bonds. The van der Waals surface area contributed by atoms with Crippen LogP contribution in [0.25, 0.3) is 0 Å². The van der Waals surface area contributed by atoms with Crippen LogP contribution < -0.4 is 5.73 Å². The first-order chi connectivity index (χ1) is 7.29. The highest BCUT2D eigenvalue weighted by molar-refractivity contribution is 8.01. The molecule has 0 saturated heterocycles. The number of rotatable bonds is 3. The number of nitrogens with zero attached hydrogens (tertiary/aromatic N) is 2. The molecule has 2 rings (SSSR count). The second kappa shape index (κ2) is 5.27. The molecule has 1 aromatic heterocycles. The summed E-state index contributed by atoms with van der Waals surface area (Å²) in [5.41, 5.74) is 5.81. The van der Waals surface area contributed by atoms with Crippen LogP contribution in [0.2, 0.25) is 0 Å². The number of hydrogen-bond acceptors (Lipinski definition) is 5. The minimum Gasteiger partial charge on any atom is -0.330 e. The maximum Gasteiger partial charge on any atom is 0.170 e. The Kier molecular flexibility index (Phi) is 3.99. The molecule has 0 bridgehead atoms. The van der Waals surface area contributed by atoms with Gasteiger partial charge in [0.2, 0.25) is 0 Å². The minimum atomic E-state index is 0.663. The molecule has 3 nitrogen and oxygen atoms in total. The molecule has 0 spiro atoms. The summed E-state index contributed by atoms with van der Waals surface area (Å²) in [5, 5.41) is 0.663. The second-order valence-electron chi connectivity index (χ2n) is 4.04. The lowest BCUT2D eigenvalue weighted by atomic mass is 9.89. The fourth-order valence-corrected chi connectivity index (χ4v) is 4.30. The van der Waals surface area contributed by atoms with Crippen LogP contribution in [0.1, 0.15) is 31.5 Å². The van der Waals surface area contributed by atoms with Crippen molar-refractivity contribution in [3.63, 3.8) is 0 Å². The average Bonchev–Trinajstić information content (AvgIpc) is 2.65. The summed E-state index contributed by atoms with van der Waals surface area (Å²) in [6.45, 7) is 2.76. The van der Waals surface area contributed by atoms with Crippen molar-refractivity contribution < 1.29 is 0 Å². The maximum absolute atomic E-state index is 5.81. The maximum atomic E-state index is 5.81. The highest BCUT2D eigenvalue weighted by Gasteiger charge is 2.25. The van der Waals surface area contributed by atoms with Crippen LogP contribution in [0.3, 0.4) is 0 Å². The standard InChI is InChI=1S/C10H17N3S2/c1-7-12-10(15-13-7)14-9-5-3-2-4-8(9)6-11/h8-9H,2-6,11H2,1H3. The van der Waals surface area contributed by atoms with E-state index in [0.717, 1.165) is 16.7 Å². The molecule has 15 heavy (non-hydrogen) atoms. The van der Waals surface area contributed by atoms with E-state index < -0.39 is 0 Å². The number of aromatic nitrogens is 2. The zero-order valence-electron chi connectivity index (χ0n) is 8.98. The molecule has 84 valence electrons. The average molecular weight is 243 g/mol. The zero-order valence-corrected chi connectivity index (χ0v) is 10.6. The third kappa shape index (κ3) is 2.92. The molecule has 2 unspecified atom stereocenters. The highest BCUT2D eigenvalue weighted by Crippen LogP contribution is 2.37. The summed E-state index contributed by atoms with van der Waals surface area (Å²) in [5.74, 6) is 1.57. The lowest BCUT2D eigenvalue weighted by molar-refractivity contribution is 0.378. The van der Waals surface area contributed by atoms with Gasteiger partial charge in [-0.05, 0) is 43.8 Å². The first-order valence-corrected chi connectivity index (χ1v) is 7.12. The summed E-state index contributed by atoms with van der Waals surface area (Å²) in [6, 6.07) is 0. The molecular weight excluding hydrogens is 226 g/mol. The van der Waals surface area contributed by atoms with E-state index in [9.17, 15) is 0 Å².